The van der Waals surface area contributed by atoms with Crippen molar-refractivity contribution in [2.24, 2.45) is 0 Å². The van der Waals surface area contributed by atoms with Crippen LogP contribution in [0.1, 0.15) is 31.1 Å². The molecule has 0 aliphatic carbocycles. The minimum absolute atomic E-state index is 0.0865. The Morgan fingerprint density at radius 1 is 1.30 bits per heavy atom. The number of carbonyl (C=O) groups excluding carboxylic acids is 1. The van der Waals surface area contributed by atoms with Gasteiger partial charge in [0.15, 0.2) is 0 Å². The van der Waals surface area contributed by atoms with Crippen LogP contribution >= 0.6 is 0 Å². The summed E-state index contributed by atoms with van der Waals surface area (Å²) < 4.78 is 10.1. The molecule has 0 fully saturated rings. The zero-order valence-corrected chi connectivity index (χ0v) is 12.6. The lowest BCUT2D eigenvalue weighted by Gasteiger charge is -2.19. The van der Waals surface area contributed by atoms with Crippen LogP contribution in [0.3, 0.4) is 0 Å². The predicted octanol–water partition coefficient (Wildman–Crippen LogP) is 0.575. The number of quaternary nitrogens is 1. The minimum Gasteiger partial charge on any atom is -0.491 e. The third-order valence-corrected chi connectivity index (χ3v) is 2.72. The van der Waals surface area contributed by atoms with Crippen molar-refractivity contribution in [3.63, 3.8) is 0 Å². The normalized spacial score (nSPS) is 12.8. The van der Waals surface area contributed by atoms with Gasteiger partial charge in [0.05, 0.1) is 18.2 Å². The molecule has 112 valence electrons. The molecule has 0 heterocycles. The molecule has 1 aromatic carbocycles. The maximum atomic E-state index is 11.3. The highest BCUT2D eigenvalue weighted by Crippen LogP contribution is 2.13. The molecule has 0 spiro atoms. The van der Waals surface area contributed by atoms with Gasteiger partial charge in [0.1, 0.15) is 25.0 Å². The molecule has 0 saturated carbocycles. The second-order valence-corrected chi connectivity index (χ2v) is 5.79. The molecule has 3 N–H and O–H groups in total. The van der Waals surface area contributed by atoms with Gasteiger partial charge in [-0.15, -0.1) is 0 Å². The standard InChI is InChI=1S/C15H23NO4/c1-15(2,3)16-9-12(17)10-20-13-7-5-11(6-8-13)14(18)19-4/h5-8,12,16-17H,9-10H2,1-4H3/p+1/t12-/m0/s1. The summed E-state index contributed by atoms with van der Waals surface area (Å²) in [5.74, 6) is 0.240. The van der Waals surface area contributed by atoms with E-state index in [2.05, 4.69) is 30.8 Å². The first-order chi connectivity index (χ1) is 9.31. The summed E-state index contributed by atoms with van der Waals surface area (Å²) in [4.78, 5) is 11.3. The van der Waals surface area contributed by atoms with Gasteiger partial charge in [0.2, 0.25) is 0 Å². The first-order valence-corrected chi connectivity index (χ1v) is 6.65. The number of aliphatic hydroxyl groups excluding tert-OH is 1. The van der Waals surface area contributed by atoms with E-state index in [0.29, 0.717) is 17.9 Å². The molecule has 0 amide bonds. The maximum Gasteiger partial charge on any atom is 0.337 e. The smallest absolute Gasteiger partial charge is 0.337 e. The lowest BCUT2D eigenvalue weighted by atomic mass is 10.1. The van der Waals surface area contributed by atoms with Crippen molar-refractivity contribution in [3.8, 4) is 5.75 Å². The number of hydrogen-bond donors (Lipinski definition) is 2. The molecular formula is C15H24NO4+. The van der Waals surface area contributed by atoms with E-state index in [1.54, 1.807) is 24.3 Å². The van der Waals surface area contributed by atoms with Crippen LogP contribution in [-0.4, -0.2) is 43.0 Å². The van der Waals surface area contributed by atoms with Gasteiger partial charge in [-0.2, -0.15) is 0 Å². The lowest BCUT2D eigenvalue weighted by molar-refractivity contribution is -0.722. The van der Waals surface area contributed by atoms with Crippen molar-refractivity contribution < 1.29 is 24.7 Å². The summed E-state index contributed by atoms with van der Waals surface area (Å²) in [6.45, 7) is 7.08. The van der Waals surface area contributed by atoms with Crippen LogP contribution in [0.4, 0.5) is 0 Å². The van der Waals surface area contributed by atoms with Crippen LogP contribution in [0, 0.1) is 0 Å². The van der Waals surface area contributed by atoms with Crippen LogP contribution in [0.15, 0.2) is 24.3 Å². The second-order valence-electron chi connectivity index (χ2n) is 5.79. The second kappa shape index (κ2) is 7.26. The highest BCUT2D eigenvalue weighted by Gasteiger charge is 2.16. The lowest BCUT2D eigenvalue weighted by Crippen LogP contribution is -2.96. The Kier molecular flexibility index (Phi) is 5.98. The van der Waals surface area contributed by atoms with Crippen molar-refractivity contribution >= 4 is 5.97 Å². The Bertz CT molecular complexity index is 422. The molecule has 0 aliphatic rings. The molecule has 1 rings (SSSR count). The summed E-state index contributed by atoms with van der Waals surface area (Å²) in [5.41, 5.74) is 0.560. The molecule has 0 aliphatic heterocycles. The van der Waals surface area contributed by atoms with Crippen molar-refractivity contribution in [1.82, 2.24) is 0 Å². The van der Waals surface area contributed by atoms with Gasteiger partial charge < -0.3 is 19.9 Å². The molecule has 1 atom stereocenters. The topological polar surface area (TPSA) is 72.4 Å². The molecule has 5 nitrogen and oxygen atoms in total. The summed E-state index contributed by atoms with van der Waals surface area (Å²) in [7, 11) is 1.34. The zero-order chi connectivity index (χ0) is 15.2. The van der Waals surface area contributed by atoms with Crippen LogP contribution in [0.2, 0.25) is 0 Å². The number of carbonyl (C=O) groups is 1. The Hall–Kier alpha value is -1.59. The van der Waals surface area contributed by atoms with Crippen LogP contribution < -0.4 is 10.1 Å². The van der Waals surface area contributed by atoms with Crippen LogP contribution in [0.5, 0.6) is 5.75 Å². The minimum atomic E-state index is -0.533. The monoisotopic (exact) mass is 282 g/mol. The predicted molar refractivity (Wildman–Crippen MR) is 75.8 cm³/mol. The Labute approximate surface area is 119 Å². The number of rotatable bonds is 6. The van der Waals surface area contributed by atoms with Crippen LogP contribution in [0.25, 0.3) is 0 Å². The fraction of sp³-hybridized carbons (Fsp3) is 0.533. The van der Waals surface area contributed by atoms with E-state index in [-0.39, 0.29) is 18.1 Å². The van der Waals surface area contributed by atoms with Gasteiger partial charge in [-0.25, -0.2) is 4.79 Å². The van der Waals surface area contributed by atoms with E-state index < -0.39 is 6.10 Å². The highest BCUT2D eigenvalue weighted by molar-refractivity contribution is 5.89. The number of benzene rings is 1. The fourth-order valence-electron chi connectivity index (χ4n) is 1.56. The van der Waals surface area contributed by atoms with Crippen molar-refractivity contribution in [1.29, 1.82) is 0 Å². The molecule has 0 aromatic heterocycles. The largest absolute Gasteiger partial charge is 0.491 e. The van der Waals surface area contributed by atoms with Gasteiger partial charge >= 0.3 is 5.97 Å². The fourth-order valence-corrected chi connectivity index (χ4v) is 1.56. The number of hydrogen-bond acceptors (Lipinski definition) is 4. The number of ether oxygens (including phenoxy) is 2. The van der Waals surface area contributed by atoms with Crippen LogP contribution in [-0.2, 0) is 4.74 Å². The third-order valence-electron chi connectivity index (χ3n) is 2.72. The van der Waals surface area contributed by atoms with Crippen molar-refractivity contribution in [2.75, 3.05) is 20.3 Å². The van der Waals surface area contributed by atoms with E-state index in [0.717, 1.165) is 0 Å². The Morgan fingerprint density at radius 2 is 1.90 bits per heavy atom. The van der Waals surface area contributed by atoms with Gasteiger partial charge in [0, 0.05) is 0 Å². The molecular weight excluding hydrogens is 258 g/mol. The van der Waals surface area contributed by atoms with E-state index in [4.69, 9.17) is 4.74 Å². The van der Waals surface area contributed by atoms with E-state index in [1.807, 2.05) is 0 Å². The van der Waals surface area contributed by atoms with E-state index >= 15 is 0 Å². The van der Waals surface area contributed by atoms with E-state index in [1.165, 1.54) is 7.11 Å². The summed E-state index contributed by atoms with van der Waals surface area (Å²) >= 11 is 0. The Morgan fingerprint density at radius 3 is 2.40 bits per heavy atom. The Balaban J connectivity index is 2.40. The average molecular weight is 282 g/mol. The SMILES string of the molecule is COC(=O)c1ccc(OC[C@@H](O)C[NH2+]C(C)(C)C)cc1. The molecule has 0 bridgehead atoms. The molecule has 0 unspecified atom stereocenters. The number of aliphatic hydroxyl groups is 1. The molecule has 5 heteroatoms. The van der Waals surface area contributed by atoms with E-state index in [9.17, 15) is 9.90 Å². The average Bonchev–Trinajstić information content (AvgIpc) is 2.41. The van der Waals surface area contributed by atoms with Gasteiger partial charge in [-0.1, -0.05) is 0 Å². The van der Waals surface area contributed by atoms with Crippen molar-refractivity contribution in [3.05, 3.63) is 29.8 Å². The molecule has 1 aromatic rings. The van der Waals surface area contributed by atoms with Gasteiger partial charge in [0.25, 0.3) is 0 Å². The number of nitrogens with two attached hydrogens (primary N) is 1. The summed E-state index contributed by atoms with van der Waals surface area (Å²) in [6.07, 6.45) is -0.533. The summed E-state index contributed by atoms with van der Waals surface area (Å²) in [5, 5.41) is 11.9. The first kappa shape index (κ1) is 16.5. The molecule has 20 heavy (non-hydrogen) atoms. The number of methoxy groups -OCH3 is 1. The first-order valence-electron chi connectivity index (χ1n) is 6.65. The van der Waals surface area contributed by atoms with Gasteiger partial charge in [-0.3, -0.25) is 0 Å². The third kappa shape index (κ3) is 6.04. The van der Waals surface area contributed by atoms with Gasteiger partial charge in [-0.05, 0) is 45.0 Å². The zero-order valence-electron chi connectivity index (χ0n) is 12.6. The highest BCUT2D eigenvalue weighted by atomic mass is 16.5. The molecule has 0 radical (unpaired) electrons. The maximum absolute atomic E-state index is 11.3. The molecule has 0 saturated heterocycles. The van der Waals surface area contributed by atoms with Crippen molar-refractivity contribution in [2.45, 2.75) is 32.4 Å². The summed E-state index contributed by atoms with van der Waals surface area (Å²) in [6, 6.07) is 6.64. The number of esters is 1. The quantitative estimate of drug-likeness (QED) is 0.749.